The number of nitrogens with one attached hydrogen (secondary N) is 1. The zero-order valence-corrected chi connectivity index (χ0v) is 14.6. The van der Waals surface area contributed by atoms with Gasteiger partial charge in [0.1, 0.15) is 5.75 Å². The SMILES string of the molecule is O=C1/C(=C\c2c[nH]c3ccccc23)[C@@H](c2ccccc2)Oc2ccccc21. The molecule has 0 saturated heterocycles. The lowest BCUT2D eigenvalue weighted by Gasteiger charge is -2.28. The average Bonchev–Trinajstić information content (AvgIpc) is 3.14. The third-order valence-corrected chi connectivity index (χ3v) is 4.96. The molecule has 4 aromatic rings. The Kier molecular flexibility index (Phi) is 3.65. The summed E-state index contributed by atoms with van der Waals surface area (Å²) < 4.78 is 6.26. The summed E-state index contributed by atoms with van der Waals surface area (Å²) in [4.78, 5) is 16.6. The molecule has 3 aromatic carbocycles. The summed E-state index contributed by atoms with van der Waals surface area (Å²) in [5, 5.41) is 1.09. The molecule has 0 unspecified atom stereocenters. The van der Waals surface area contributed by atoms with Crippen molar-refractivity contribution in [2.45, 2.75) is 6.10 Å². The molecule has 0 radical (unpaired) electrons. The number of para-hydroxylation sites is 2. The summed E-state index contributed by atoms with van der Waals surface area (Å²) >= 11 is 0. The van der Waals surface area contributed by atoms with E-state index in [1.54, 1.807) is 0 Å². The van der Waals surface area contributed by atoms with Crippen LogP contribution in [0.25, 0.3) is 17.0 Å². The molecule has 1 aromatic heterocycles. The zero-order chi connectivity index (χ0) is 18.2. The van der Waals surface area contributed by atoms with Crippen molar-refractivity contribution in [3.8, 4) is 5.75 Å². The van der Waals surface area contributed by atoms with Crippen molar-refractivity contribution in [3.63, 3.8) is 0 Å². The van der Waals surface area contributed by atoms with Crippen molar-refractivity contribution in [3.05, 3.63) is 107 Å². The third-order valence-electron chi connectivity index (χ3n) is 4.96. The fraction of sp³-hybridized carbons (Fsp3) is 0.0417. The molecule has 0 saturated carbocycles. The zero-order valence-electron chi connectivity index (χ0n) is 14.6. The van der Waals surface area contributed by atoms with Crippen LogP contribution < -0.4 is 4.74 Å². The van der Waals surface area contributed by atoms with Gasteiger partial charge < -0.3 is 9.72 Å². The molecule has 1 N–H and O–H groups in total. The minimum atomic E-state index is -0.428. The normalized spacial score (nSPS) is 17.7. The molecule has 3 nitrogen and oxygen atoms in total. The van der Waals surface area contributed by atoms with Gasteiger partial charge in [0.05, 0.1) is 5.56 Å². The first-order chi connectivity index (χ1) is 13.3. The molecular weight excluding hydrogens is 334 g/mol. The summed E-state index contributed by atoms with van der Waals surface area (Å²) in [5.74, 6) is 0.642. The number of aromatic amines is 1. The van der Waals surface area contributed by atoms with Crippen LogP contribution in [0.15, 0.2) is 90.6 Å². The fourth-order valence-electron chi connectivity index (χ4n) is 3.62. The van der Waals surface area contributed by atoms with Crippen LogP contribution in [0.5, 0.6) is 5.75 Å². The number of carbonyl (C=O) groups is 1. The first kappa shape index (κ1) is 15.6. The Hall–Kier alpha value is -3.59. The lowest BCUT2D eigenvalue weighted by Crippen LogP contribution is -2.23. The molecule has 1 atom stereocenters. The Balaban J connectivity index is 1.70. The number of H-pyrrole nitrogens is 1. The topological polar surface area (TPSA) is 42.1 Å². The van der Waals surface area contributed by atoms with E-state index in [4.69, 9.17) is 4.74 Å². The lowest BCUT2D eigenvalue weighted by atomic mass is 9.89. The number of rotatable bonds is 2. The molecule has 2 heterocycles. The van der Waals surface area contributed by atoms with Crippen LogP contribution >= 0.6 is 0 Å². The highest BCUT2D eigenvalue weighted by Crippen LogP contribution is 2.39. The average molecular weight is 351 g/mol. The van der Waals surface area contributed by atoms with Crippen LogP contribution in [0.4, 0.5) is 0 Å². The predicted molar refractivity (Wildman–Crippen MR) is 107 cm³/mol. The number of carbonyl (C=O) groups excluding carboxylic acids is 1. The molecular formula is C24H17NO2. The third kappa shape index (κ3) is 2.64. The van der Waals surface area contributed by atoms with Crippen molar-refractivity contribution in [2.24, 2.45) is 0 Å². The second kappa shape index (κ2) is 6.29. The molecule has 0 bridgehead atoms. The Morgan fingerprint density at radius 2 is 1.59 bits per heavy atom. The van der Waals surface area contributed by atoms with E-state index in [1.807, 2.05) is 85.1 Å². The van der Waals surface area contributed by atoms with Crippen LogP contribution in [0.2, 0.25) is 0 Å². The standard InChI is InChI=1S/C24H17NO2/c26-23-19-11-5-7-13-22(19)27-24(16-8-2-1-3-9-16)20(23)14-17-15-25-21-12-6-4-10-18(17)21/h1-15,24-25H/b20-14+/t24-/m1/s1. The largest absolute Gasteiger partial charge is 0.480 e. The van der Waals surface area contributed by atoms with E-state index in [-0.39, 0.29) is 5.78 Å². The molecule has 5 rings (SSSR count). The smallest absolute Gasteiger partial charge is 0.196 e. The molecule has 1 aliphatic rings. The van der Waals surface area contributed by atoms with Gasteiger partial charge in [0, 0.05) is 28.2 Å². The highest BCUT2D eigenvalue weighted by atomic mass is 16.5. The summed E-state index contributed by atoms with van der Waals surface area (Å²) in [6, 6.07) is 25.4. The van der Waals surface area contributed by atoms with E-state index in [0.29, 0.717) is 16.9 Å². The van der Waals surface area contributed by atoms with E-state index in [1.165, 1.54) is 0 Å². The van der Waals surface area contributed by atoms with E-state index in [2.05, 4.69) is 11.1 Å². The molecule has 0 fully saturated rings. The van der Waals surface area contributed by atoms with E-state index < -0.39 is 6.10 Å². The minimum absolute atomic E-state index is 0.0102. The van der Waals surface area contributed by atoms with Crippen molar-refractivity contribution >= 4 is 22.8 Å². The van der Waals surface area contributed by atoms with Gasteiger partial charge in [0.25, 0.3) is 0 Å². The second-order valence-corrected chi connectivity index (χ2v) is 6.62. The van der Waals surface area contributed by atoms with Gasteiger partial charge in [-0.1, -0.05) is 60.7 Å². The number of hydrogen-bond acceptors (Lipinski definition) is 2. The Labute approximate surface area is 156 Å². The summed E-state index contributed by atoms with van der Waals surface area (Å²) in [6.45, 7) is 0. The highest BCUT2D eigenvalue weighted by Gasteiger charge is 2.32. The molecule has 0 aliphatic carbocycles. The van der Waals surface area contributed by atoms with Crippen LogP contribution in [0, 0.1) is 0 Å². The first-order valence-corrected chi connectivity index (χ1v) is 8.94. The van der Waals surface area contributed by atoms with Gasteiger partial charge in [0.15, 0.2) is 11.9 Å². The molecule has 130 valence electrons. The van der Waals surface area contributed by atoms with Gasteiger partial charge in [-0.15, -0.1) is 0 Å². The van der Waals surface area contributed by atoms with Crippen LogP contribution in [0.3, 0.4) is 0 Å². The monoisotopic (exact) mass is 351 g/mol. The number of benzene rings is 3. The van der Waals surface area contributed by atoms with Crippen LogP contribution in [-0.2, 0) is 0 Å². The quantitative estimate of drug-likeness (QED) is 0.480. The molecule has 0 amide bonds. The Morgan fingerprint density at radius 1 is 0.852 bits per heavy atom. The molecule has 3 heteroatoms. The molecule has 27 heavy (non-hydrogen) atoms. The van der Waals surface area contributed by atoms with E-state index >= 15 is 0 Å². The van der Waals surface area contributed by atoms with Gasteiger partial charge >= 0.3 is 0 Å². The number of fused-ring (bicyclic) bond motifs is 2. The number of ketones is 1. The lowest BCUT2D eigenvalue weighted by molar-refractivity contribution is 0.0963. The van der Waals surface area contributed by atoms with Crippen LogP contribution in [-0.4, -0.2) is 10.8 Å². The van der Waals surface area contributed by atoms with Gasteiger partial charge in [0.2, 0.25) is 0 Å². The number of aromatic nitrogens is 1. The van der Waals surface area contributed by atoms with Gasteiger partial charge in [-0.25, -0.2) is 0 Å². The molecule has 1 aliphatic heterocycles. The van der Waals surface area contributed by atoms with Crippen molar-refractivity contribution in [2.75, 3.05) is 0 Å². The second-order valence-electron chi connectivity index (χ2n) is 6.62. The maximum absolute atomic E-state index is 13.3. The number of Topliss-reactive ketones (excluding diaryl/α,β-unsaturated/α-hetero) is 1. The summed E-state index contributed by atoms with van der Waals surface area (Å²) in [5.41, 5.74) is 4.25. The van der Waals surface area contributed by atoms with Gasteiger partial charge in [-0.05, 0) is 29.8 Å². The number of ether oxygens (including phenoxy) is 1. The van der Waals surface area contributed by atoms with Gasteiger partial charge in [-0.3, -0.25) is 4.79 Å². The fourth-order valence-corrected chi connectivity index (χ4v) is 3.62. The molecule has 0 spiro atoms. The summed E-state index contributed by atoms with van der Waals surface area (Å²) in [7, 11) is 0. The van der Waals surface area contributed by atoms with Crippen molar-refractivity contribution in [1.29, 1.82) is 0 Å². The van der Waals surface area contributed by atoms with E-state index in [9.17, 15) is 4.79 Å². The Morgan fingerprint density at radius 3 is 2.48 bits per heavy atom. The van der Waals surface area contributed by atoms with Crippen LogP contribution in [0.1, 0.15) is 27.6 Å². The van der Waals surface area contributed by atoms with Crippen molar-refractivity contribution in [1.82, 2.24) is 4.98 Å². The summed E-state index contributed by atoms with van der Waals surface area (Å²) in [6.07, 6.45) is 3.46. The van der Waals surface area contributed by atoms with Gasteiger partial charge in [-0.2, -0.15) is 0 Å². The Bertz CT molecular complexity index is 1170. The minimum Gasteiger partial charge on any atom is -0.480 e. The first-order valence-electron chi connectivity index (χ1n) is 8.94. The van der Waals surface area contributed by atoms with Crippen molar-refractivity contribution < 1.29 is 9.53 Å². The highest BCUT2D eigenvalue weighted by molar-refractivity contribution is 6.15. The maximum atomic E-state index is 13.3. The predicted octanol–water partition coefficient (Wildman–Crippen LogP) is 5.57. The maximum Gasteiger partial charge on any atom is 0.196 e. The number of hydrogen-bond donors (Lipinski definition) is 1. The van der Waals surface area contributed by atoms with E-state index in [0.717, 1.165) is 22.0 Å².